The number of hydrogen-bond donors (Lipinski definition) is 2. The Morgan fingerprint density at radius 2 is 2.12 bits per heavy atom. The molecule has 0 spiro atoms. The van der Waals surface area contributed by atoms with E-state index in [1.54, 1.807) is 0 Å². The minimum Gasteiger partial charge on any atom is -0.396 e. The van der Waals surface area contributed by atoms with Crippen LogP contribution in [-0.2, 0) is 0 Å². The number of hydrogen-bond acceptors (Lipinski definition) is 4. The first-order chi connectivity index (χ1) is 8.36. The van der Waals surface area contributed by atoms with Crippen molar-refractivity contribution in [3.8, 4) is 0 Å². The topological polar surface area (TPSA) is 62.4 Å². The molecule has 1 aromatic rings. The van der Waals surface area contributed by atoms with Gasteiger partial charge in [-0.25, -0.2) is 4.98 Å². The summed E-state index contributed by atoms with van der Waals surface area (Å²) in [6, 6.07) is 3.95. The Bertz CT molecular complexity index is 346. The van der Waals surface area contributed by atoms with E-state index >= 15 is 0 Å². The quantitative estimate of drug-likeness (QED) is 0.820. The fourth-order valence-corrected chi connectivity index (χ4v) is 2.40. The molecular weight excluding hydrogens is 214 g/mol. The molecule has 1 saturated heterocycles. The zero-order chi connectivity index (χ0) is 12.1. The zero-order valence-corrected chi connectivity index (χ0v) is 10.2. The number of nitrogens with zero attached hydrogens (tertiary/aromatic N) is 2. The molecule has 1 fully saturated rings. The number of rotatable bonds is 4. The van der Waals surface area contributed by atoms with Crippen LogP contribution in [0, 0.1) is 0 Å². The summed E-state index contributed by atoms with van der Waals surface area (Å²) < 4.78 is 0. The molecule has 1 aromatic heterocycles. The van der Waals surface area contributed by atoms with Crippen LogP contribution >= 0.6 is 0 Å². The molecule has 3 N–H and O–H groups in total. The van der Waals surface area contributed by atoms with Crippen molar-refractivity contribution < 1.29 is 5.11 Å². The van der Waals surface area contributed by atoms with Crippen molar-refractivity contribution >= 4 is 5.82 Å². The van der Waals surface area contributed by atoms with Crippen LogP contribution in [0.5, 0.6) is 0 Å². The van der Waals surface area contributed by atoms with Crippen molar-refractivity contribution in [1.82, 2.24) is 4.98 Å². The highest BCUT2D eigenvalue weighted by molar-refractivity contribution is 5.49. The Kier molecular flexibility index (Phi) is 4.34. The van der Waals surface area contributed by atoms with E-state index in [1.165, 1.54) is 19.3 Å². The fraction of sp³-hybridized carbons (Fsp3) is 0.615. The van der Waals surface area contributed by atoms with Gasteiger partial charge in [-0.05, 0) is 25.3 Å². The number of anilines is 1. The first-order valence-corrected chi connectivity index (χ1v) is 6.37. The zero-order valence-electron chi connectivity index (χ0n) is 10.2. The van der Waals surface area contributed by atoms with E-state index in [1.807, 2.05) is 18.3 Å². The fourth-order valence-electron chi connectivity index (χ4n) is 2.40. The average molecular weight is 235 g/mol. The molecule has 1 atom stereocenters. The van der Waals surface area contributed by atoms with Crippen LogP contribution in [0.4, 0.5) is 5.82 Å². The van der Waals surface area contributed by atoms with Crippen molar-refractivity contribution in [2.24, 2.45) is 5.73 Å². The van der Waals surface area contributed by atoms with Gasteiger partial charge in [0.15, 0.2) is 0 Å². The normalized spacial score (nSPS) is 18.1. The van der Waals surface area contributed by atoms with Crippen LogP contribution in [0.3, 0.4) is 0 Å². The second-order valence-electron chi connectivity index (χ2n) is 4.58. The monoisotopic (exact) mass is 235 g/mol. The molecule has 1 unspecified atom stereocenters. The van der Waals surface area contributed by atoms with Gasteiger partial charge in [-0.2, -0.15) is 0 Å². The average Bonchev–Trinajstić information content (AvgIpc) is 2.42. The van der Waals surface area contributed by atoms with Gasteiger partial charge in [0, 0.05) is 37.3 Å². The van der Waals surface area contributed by atoms with Gasteiger partial charge in [-0.15, -0.1) is 0 Å². The van der Waals surface area contributed by atoms with Crippen LogP contribution < -0.4 is 10.6 Å². The summed E-state index contributed by atoms with van der Waals surface area (Å²) in [6.07, 6.45) is 5.57. The van der Waals surface area contributed by atoms with Gasteiger partial charge in [0.2, 0.25) is 0 Å². The molecule has 0 aromatic carbocycles. The number of aromatic nitrogens is 1. The van der Waals surface area contributed by atoms with Crippen molar-refractivity contribution in [2.45, 2.75) is 25.2 Å². The lowest BCUT2D eigenvalue weighted by atomic mass is 9.99. The molecule has 2 rings (SSSR count). The van der Waals surface area contributed by atoms with Gasteiger partial charge in [-0.1, -0.05) is 6.07 Å². The Morgan fingerprint density at radius 3 is 2.76 bits per heavy atom. The molecule has 2 heterocycles. The largest absolute Gasteiger partial charge is 0.396 e. The number of nitrogens with two attached hydrogens (primary N) is 1. The maximum absolute atomic E-state index is 9.38. The second kappa shape index (κ2) is 5.98. The number of piperidine rings is 1. The van der Waals surface area contributed by atoms with Gasteiger partial charge in [0.05, 0.1) is 6.61 Å². The lowest BCUT2D eigenvalue weighted by Crippen LogP contribution is -2.32. The molecule has 0 aliphatic carbocycles. The molecule has 0 radical (unpaired) electrons. The minimum atomic E-state index is 0.000580. The van der Waals surface area contributed by atoms with E-state index < -0.39 is 0 Å². The third-order valence-electron chi connectivity index (χ3n) is 3.42. The van der Waals surface area contributed by atoms with E-state index in [0.717, 1.165) is 24.5 Å². The van der Waals surface area contributed by atoms with E-state index in [4.69, 9.17) is 5.73 Å². The molecule has 0 saturated carbocycles. The first-order valence-electron chi connectivity index (χ1n) is 6.37. The minimum absolute atomic E-state index is 0.000580. The van der Waals surface area contributed by atoms with Crippen LogP contribution in [0.1, 0.15) is 30.7 Å². The third-order valence-corrected chi connectivity index (χ3v) is 3.42. The van der Waals surface area contributed by atoms with Gasteiger partial charge < -0.3 is 15.7 Å². The predicted octanol–water partition coefficient (Wildman–Crippen LogP) is 1.11. The maximum Gasteiger partial charge on any atom is 0.132 e. The standard InChI is InChI=1S/C13H21N3O/c14-9-11(10-17)12-5-4-6-15-13(12)16-7-2-1-3-8-16/h4-6,11,17H,1-3,7-10,14H2. The van der Waals surface area contributed by atoms with E-state index in [-0.39, 0.29) is 12.5 Å². The predicted molar refractivity (Wildman–Crippen MR) is 69.2 cm³/mol. The smallest absolute Gasteiger partial charge is 0.132 e. The van der Waals surface area contributed by atoms with Crippen LogP contribution in [-0.4, -0.2) is 36.3 Å². The maximum atomic E-state index is 9.38. The van der Waals surface area contributed by atoms with Crippen molar-refractivity contribution in [3.05, 3.63) is 23.9 Å². The van der Waals surface area contributed by atoms with E-state index in [9.17, 15) is 5.11 Å². The lowest BCUT2D eigenvalue weighted by molar-refractivity contribution is 0.267. The van der Waals surface area contributed by atoms with Crippen molar-refractivity contribution in [2.75, 3.05) is 31.1 Å². The first kappa shape index (κ1) is 12.3. The molecule has 4 nitrogen and oxygen atoms in total. The van der Waals surface area contributed by atoms with Gasteiger partial charge >= 0.3 is 0 Å². The van der Waals surface area contributed by atoms with Crippen molar-refractivity contribution in [3.63, 3.8) is 0 Å². The van der Waals surface area contributed by atoms with E-state index in [2.05, 4.69) is 9.88 Å². The summed E-state index contributed by atoms with van der Waals surface area (Å²) in [7, 11) is 0. The Balaban J connectivity index is 2.25. The summed E-state index contributed by atoms with van der Waals surface area (Å²) in [5.41, 5.74) is 6.79. The lowest BCUT2D eigenvalue weighted by Gasteiger charge is -2.30. The highest BCUT2D eigenvalue weighted by Gasteiger charge is 2.19. The summed E-state index contributed by atoms with van der Waals surface area (Å²) in [4.78, 5) is 6.80. The summed E-state index contributed by atoms with van der Waals surface area (Å²) in [6.45, 7) is 2.67. The molecule has 1 aliphatic rings. The number of aliphatic hydroxyl groups excluding tert-OH is 1. The van der Waals surface area contributed by atoms with Gasteiger partial charge in [-0.3, -0.25) is 0 Å². The van der Waals surface area contributed by atoms with Gasteiger partial charge in [0.1, 0.15) is 5.82 Å². The van der Waals surface area contributed by atoms with Gasteiger partial charge in [0.25, 0.3) is 0 Å². The van der Waals surface area contributed by atoms with Crippen LogP contribution in [0.2, 0.25) is 0 Å². The summed E-state index contributed by atoms with van der Waals surface area (Å²) in [5.74, 6) is 1.01. The molecule has 0 amide bonds. The van der Waals surface area contributed by atoms with Crippen LogP contribution in [0.15, 0.2) is 18.3 Å². The highest BCUT2D eigenvalue weighted by atomic mass is 16.3. The number of pyridine rings is 1. The molecule has 17 heavy (non-hydrogen) atoms. The second-order valence-corrected chi connectivity index (χ2v) is 4.58. The molecule has 4 heteroatoms. The molecular formula is C13H21N3O. The van der Waals surface area contributed by atoms with E-state index in [0.29, 0.717) is 6.54 Å². The Hall–Kier alpha value is -1.13. The molecule has 94 valence electrons. The third kappa shape index (κ3) is 2.76. The molecule has 1 aliphatic heterocycles. The Labute approximate surface area is 102 Å². The van der Waals surface area contributed by atoms with Crippen LogP contribution in [0.25, 0.3) is 0 Å². The highest BCUT2D eigenvalue weighted by Crippen LogP contribution is 2.27. The molecule has 0 bridgehead atoms. The SMILES string of the molecule is NCC(CO)c1cccnc1N1CCCCC1. The number of aliphatic hydroxyl groups is 1. The Morgan fingerprint density at radius 1 is 1.35 bits per heavy atom. The van der Waals surface area contributed by atoms with Crippen molar-refractivity contribution in [1.29, 1.82) is 0 Å². The summed E-state index contributed by atoms with van der Waals surface area (Å²) >= 11 is 0. The summed E-state index contributed by atoms with van der Waals surface area (Å²) in [5, 5.41) is 9.38.